The van der Waals surface area contributed by atoms with Crippen molar-refractivity contribution in [3.05, 3.63) is 48.5 Å². The minimum Gasteiger partial charge on any atom is -0.494 e. The van der Waals surface area contributed by atoms with Crippen molar-refractivity contribution in [3.8, 4) is 5.75 Å². The van der Waals surface area contributed by atoms with Crippen LogP contribution < -0.4 is 4.74 Å². The summed E-state index contributed by atoms with van der Waals surface area (Å²) in [7, 11) is 0. The smallest absolute Gasteiger partial charge is 0.150 e. The number of aldehydes is 1. The molecule has 0 saturated carbocycles. The zero-order chi connectivity index (χ0) is 11.9. The summed E-state index contributed by atoms with van der Waals surface area (Å²) in [5, 5.41) is 0. The summed E-state index contributed by atoms with van der Waals surface area (Å²) in [6, 6.07) is 7.11. The molecule has 0 N–H and O–H groups in total. The van der Waals surface area contributed by atoms with E-state index in [0.29, 0.717) is 12.2 Å². The van der Waals surface area contributed by atoms with E-state index in [1.165, 1.54) is 0 Å². The Balaban J connectivity index is 0.00000162. The molecule has 1 heterocycles. The normalized spacial score (nSPS) is 9.56. The topological polar surface area (TPSA) is 44.1 Å². The molecule has 4 nitrogen and oxygen atoms in total. The van der Waals surface area contributed by atoms with Gasteiger partial charge in [0.05, 0.1) is 12.9 Å². The van der Waals surface area contributed by atoms with Crippen LogP contribution in [0.3, 0.4) is 0 Å². The minimum atomic E-state index is 0. The molecule has 0 unspecified atom stereocenters. The summed E-state index contributed by atoms with van der Waals surface area (Å²) in [5.74, 6) is 0.793. The van der Waals surface area contributed by atoms with E-state index < -0.39 is 0 Å². The SMILES string of the molecule is Cl.O=Cc1ccc(OCCCn2ccnc2)cc1. The lowest BCUT2D eigenvalue weighted by atomic mass is 10.2. The van der Waals surface area contributed by atoms with Crippen molar-refractivity contribution in [2.75, 3.05) is 6.61 Å². The Morgan fingerprint density at radius 2 is 2.06 bits per heavy atom. The monoisotopic (exact) mass is 266 g/mol. The number of carbonyl (C=O) groups is 1. The summed E-state index contributed by atoms with van der Waals surface area (Å²) in [6.45, 7) is 1.55. The summed E-state index contributed by atoms with van der Waals surface area (Å²) in [5.41, 5.74) is 0.663. The lowest BCUT2D eigenvalue weighted by Gasteiger charge is -2.06. The molecule has 0 fully saturated rings. The minimum absolute atomic E-state index is 0. The molecule has 2 aromatic rings. The zero-order valence-corrected chi connectivity index (χ0v) is 10.7. The molecule has 0 bridgehead atoms. The van der Waals surface area contributed by atoms with E-state index >= 15 is 0 Å². The van der Waals surface area contributed by atoms with Gasteiger partial charge in [-0.05, 0) is 30.7 Å². The maximum Gasteiger partial charge on any atom is 0.150 e. The van der Waals surface area contributed by atoms with Crippen LogP contribution in [0.15, 0.2) is 43.0 Å². The molecule has 0 saturated heterocycles. The van der Waals surface area contributed by atoms with Crippen LogP contribution in [0, 0.1) is 0 Å². The number of hydrogen-bond acceptors (Lipinski definition) is 3. The van der Waals surface area contributed by atoms with Gasteiger partial charge in [0.2, 0.25) is 0 Å². The fourth-order valence-electron chi connectivity index (χ4n) is 1.50. The van der Waals surface area contributed by atoms with Gasteiger partial charge in [0.1, 0.15) is 12.0 Å². The molecule has 0 atom stereocenters. The lowest BCUT2D eigenvalue weighted by Crippen LogP contribution is -2.03. The van der Waals surface area contributed by atoms with E-state index in [4.69, 9.17) is 4.74 Å². The van der Waals surface area contributed by atoms with Gasteiger partial charge in [0.15, 0.2) is 0 Å². The van der Waals surface area contributed by atoms with Gasteiger partial charge in [-0.25, -0.2) is 4.98 Å². The Labute approximate surface area is 112 Å². The Bertz CT molecular complexity index is 454. The van der Waals surface area contributed by atoms with Crippen LogP contribution >= 0.6 is 12.4 Å². The van der Waals surface area contributed by atoms with E-state index in [0.717, 1.165) is 25.0 Å². The maximum atomic E-state index is 10.5. The highest BCUT2D eigenvalue weighted by Crippen LogP contribution is 2.11. The number of carbonyl (C=O) groups excluding carboxylic acids is 1. The Morgan fingerprint density at radius 3 is 2.67 bits per heavy atom. The summed E-state index contributed by atoms with van der Waals surface area (Å²) in [6.07, 6.45) is 7.23. The number of rotatable bonds is 6. The van der Waals surface area contributed by atoms with Gasteiger partial charge in [0.25, 0.3) is 0 Å². The molecular weight excluding hydrogens is 252 g/mol. The molecule has 5 heteroatoms. The first kappa shape index (κ1) is 14.3. The highest BCUT2D eigenvalue weighted by molar-refractivity contribution is 5.85. The summed E-state index contributed by atoms with van der Waals surface area (Å²) < 4.78 is 7.57. The largest absolute Gasteiger partial charge is 0.494 e. The Morgan fingerprint density at radius 1 is 1.28 bits per heavy atom. The van der Waals surface area contributed by atoms with Crippen LogP contribution in [0.1, 0.15) is 16.8 Å². The first-order valence-electron chi connectivity index (χ1n) is 5.52. The number of aromatic nitrogens is 2. The molecule has 0 aliphatic heterocycles. The predicted octanol–water partition coefficient (Wildman–Crippen LogP) is 2.59. The first-order chi connectivity index (χ1) is 8.38. The number of halogens is 1. The van der Waals surface area contributed by atoms with Gasteiger partial charge >= 0.3 is 0 Å². The highest BCUT2D eigenvalue weighted by Gasteiger charge is 1.95. The highest BCUT2D eigenvalue weighted by atomic mass is 35.5. The number of benzene rings is 1. The molecule has 1 aromatic carbocycles. The van der Waals surface area contributed by atoms with Crippen LogP contribution in [0.25, 0.3) is 0 Å². The summed E-state index contributed by atoms with van der Waals surface area (Å²) in [4.78, 5) is 14.4. The lowest BCUT2D eigenvalue weighted by molar-refractivity contribution is 0.112. The van der Waals surface area contributed by atoms with Crippen LogP contribution in [0.4, 0.5) is 0 Å². The molecule has 0 aliphatic rings. The molecule has 0 spiro atoms. The van der Waals surface area contributed by atoms with Crippen molar-refractivity contribution in [3.63, 3.8) is 0 Å². The van der Waals surface area contributed by atoms with Gasteiger partial charge in [-0.1, -0.05) is 0 Å². The van der Waals surface area contributed by atoms with Crippen molar-refractivity contribution in [1.82, 2.24) is 9.55 Å². The molecule has 0 radical (unpaired) electrons. The van der Waals surface area contributed by atoms with Crippen molar-refractivity contribution in [2.24, 2.45) is 0 Å². The van der Waals surface area contributed by atoms with E-state index in [9.17, 15) is 4.79 Å². The van der Waals surface area contributed by atoms with Crippen LogP contribution in [-0.2, 0) is 6.54 Å². The summed E-state index contributed by atoms with van der Waals surface area (Å²) >= 11 is 0. The van der Waals surface area contributed by atoms with Gasteiger partial charge in [-0.3, -0.25) is 4.79 Å². The second-order valence-corrected chi connectivity index (χ2v) is 3.69. The third kappa shape index (κ3) is 4.22. The predicted molar refractivity (Wildman–Crippen MR) is 71.4 cm³/mol. The van der Waals surface area contributed by atoms with Gasteiger partial charge in [0, 0.05) is 24.5 Å². The standard InChI is InChI=1S/C13H14N2O2.ClH/c16-10-12-2-4-13(5-3-12)17-9-1-7-15-8-6-14-11-15;/h2-6,8,10-11H,1,7,9H2;1H. The third-order valence-electron chi connectivity index (χ3n) is 2.40. The number of nitrogens with zero attached hydrogens (tertiary/aromatic N) is 2. The van der Waals surface area contributed by atoms with Crippen molar-refractivity contribution in [2.45, 2.75) is 13.0 Å². The third-order valence-corrected chi connectivity index (χ3v) is 2.40. The van der Waals surface area contributed by atoms with Crippen molar-refractivity contribution >= 4 is 18.7 Å². The van der Waals surface area contributed by atoms with Gasteiger partial charge in [-0.2, -0.15) is 0 Å². The number of ether oxygens (including phenoxy) is 1. The molecule has 1 aromatic heterocycles. The van der Waals surface area contributed by atoms with E-state index in [1.54, 1.807) is 36.8 Å². The Hall–Kier alpha value is -1.81. The fraction of sp³-hybridized carbons (Fsp3) is 0.231. The average molecular weight is 267 g/mol. The van der Waals surface area contributed by atoms with Crippen molar-refractivity contribution < 1.29 is 9.53 Å². The molecular formula is C13H15ClN2O2. The van der Waals surface area contributed by atoms with Gasteiger partial charge < -0.3 is 9.30 Å². The number of imidazole rings is 1. The van der Waals surface area contributed by atoms with E-state index in [-0.39, 0.29) is 12.4 Å². The first-order valence-corrected chi connectivity index (χ1v) is 5.52. The average Bonchev–Trinajstić information content (AvgIpc) is 2.88. The number of aryl methyl sites for hydroxylation is 1. The van der Waals surface area contributed by atoms with Crippen LogP contribution in [-0.4, -0.2) is 22.4 Å². The maximum absolute atomic E-state index is 10.5. The molecule has 96 valence electrons. The zero-order valence-electron chi connectivity index (χ0n) is 9.86. The van der Waals surface area contributed by atoms with E-state index in [2.05, 4.69) is 4.98 Å². The van der Waals surface area contributed by atoms with Gasteiger partial charge in [-0.15, -0.1) is 12.4 Å². The molecule has 2 rings (SSSR count). The van der Waals surface area contributed by atoms with Crippen molar-refractivity contribution in [1.29, 1.82) is 0 Å². The second kappa shape index (κ2) is 7.50. The molecule has 18 heavy (non-hydrogen) atoms. The van der Waals surface area contributed by atoms with Crippen LogP contribution in [0.2, 0.25) is 0 Å². The quantitative estimate of drug-likeness (QED) is 0.596. The molecule has 0 aliphatic carbocycles. The van der Waals surface area contributed by atoms with E-state index in [1.807, 2.05) is 10.8 Å². The Kier molecular flexibility index (Phi) is 5.94. The number of hydrogen-bond donors (Lipinski definition) is 0. The second-order valence-electron chi connectivity index (χ2n) is 3.69. The molecule has 0 amide bonds. The fourth-order valence-corrected chi connectivity index (χ4v) is 1.50. The van der Waals surface area contributed by atoms with Crippen LogP contribution in [0.5, 0.6) is 5.75 Å².